The van der Waals surface area contributed by atoms with Crippen LogP contribution in [0.2, 0.25) is 5.02 Å². The number of aromatic nitrogens is 6. The van der Waals surface area contributed by atoms with Gasteiger partial charge < -0.3 is 9.30 Å². The molecular weight excluding hydrogens is 424 g/mol. The topological polar surface area (TPSA) is 70.7 Å². The Morgan fingerprint density at radius 1 is 1.09 bits per heavy atom. The Bertz CT molecular complexity index is 1270. The van der Waals surface area contributed by atoms with Crippen molar-refractivity contribution in [3.05, 3.63) is 82.5 Å². The van der Waals surface area contributed by atoms with E-state index in [1.807, 2.05) is 58.8 Å². The van der Waals surface area contributed by atoms with Gasteiger partial charge in [-0.05, 0) is 61.7 Å². The van der Waals surface area contributed by atoms with Gasteiger partial charge in [-0.15, -0.1) is 0 Å². The first kappa shape index (κ1) is 20.5. The molecule has 1 aromatic carbocycles. The summed E-state index contributed by atoms with van der Waals surface area (Å²) in [6.07, 6.45) is 9.61. The third kappa shape index (κ3) is 4.03. The number of pyridine rings is 1. The fourth-order valence-corrected chi connectivity index (χ4v) is 4.18. The molecule has 0 saturated carbocycles. The summed E-state index contributed by atoms with van der Waals surface area (Å²) in [5, 5.41) is 5.43. The maximum absolute atomic E-state index is 6.06. The van der Waals surface area contributed by atoms with E-state index in [1.54, 1.807) is 13.4 Å². The van der Waals surface area contributed by atoms with Crippen molar-refractivity contribution in [1.29, 1.82) is 0 Å². The van der Waals surface area contributed by atoms with Crippen LogP contribution in [0.1, 0.15) is 47.4 Å². The molecule has 0 bridgehead atoms. The molecule has 0 amide bonds. The van der Waals surface area contributed by atoms with Crippen molar-refractivity contribution < 1.29 is 4.74 Å². The maximum Gasteiger partial charge on any atom is 0.238 e. The summed E-state index contributed by atoms with van der Waals surface area (Å²) in [5.41, 5.74) is 3.76. The predicted octanol–water partition coefficient (Wildman–Crippen LogP) is 4.93. The molecule has 1 aliphatic rings. The van der Waals surface area contributed by atoms with Gasteiger partial charge in [0.1, 0.15) is 11.5 Å². The molecule has 32 heavy (non-hydrogen) atoms. The Hall–Kier alpha value is -3.45. The second-order valence-electron chi connectivity index (χ2n) is 7.82. The summed E-state index contributed by atoms with van der Waals surface area (Å²) < 4.78 is 9.42. The van der Waals surface area contributed by atoms with Crippen molar-refractivity contribution in [3.63, 3.8) is 0 Å². The minimum atomic E-state index is 0.229. The van der Waals surface area contributed by atoms with E-state index in [0.717, 1.165) is 47.3 Å². The number of rotatable bonds is 5. The van der Waals surface area contributed by atoms with Crippen LogP contribution in [0.5, 0.6) is 5.88 Å². The highest BCUT2D eigenvalue weighted by Gasteiger charge is 2.25. The lowest BCUT2D eigenvalue weighted by Gasteiger charge is -2.22. The lowest BCUT2D eigenvalue weighted by Crippen LogP contribution is -2.17. The number of nitrogens with zero attached hydrogens (tertiary/aromatic N) is 6. The van der Waals surface area contributed by atoms with Crippen LogP contribution in [0.3, 0.4) is 0 Å². The third-order valence-corrected chi connectivity index (χ3v) is 5.86. The zero-order chi connectivity index (χ0) is 22.1. The van der Waals surface area contributed by atoms with Crippen molar-refractivity contribution >= 4 is 23.8 Å². The van der Waals surface area contributed by atoms with Gasteiger partial charge in [-0.1, -0.05) is 23.7 Å². The first-order valence-corrected chi connectivity index (χ1v) is 10.9. The molecule has 0 spiro atoms. The zero-order valence-corrected chi connectivity index (χ0v) is 18.7. The maximum atomic E-state index is 6.06. The van der Waals surface area contributed by atoms with Gasteiger partial charge in [0.15, 0.2) is 5.82 Å². The zero-order valence-electron chi connectivity index (χ0n) is 17.9. The number of hydrogen-bond acceptors (Lipinski definition) is 5. The van der Waals surface area contributed by atoms with Gasteiger partial charge in [-0.2, -0.15) is 5.10 Å². The predicted molar refractivity (Wildman–Crippen MR) is 124 cm³/mol. The van der Waals surface area contributed by atoms with Crippen molar-refractivity contribution in [2.24, 2.45) is 0 Å². The molecule has 1 atom stereocenters. The summed E-state index contributed by atoms with van der Waals surface area (Å²) in [5.74, 6) is 2.43. The van der Waals surface area contributed by atoms with Crippen molar-refractivity contribution in [2.75, 3.05) is 7.11 Å². The highest BCUT2D eigenvalue weighted by atomic mass is 35.5. The second kappa shape index (κ2) is 8.59. The normalized spacial score (nSPS) is 15.8. The van der Waals surface area contributed by atoms with Gasteiger partial charge in [0, 0.05) is 23.7 Å². The van der Waals surface area contributed by atoms with E-state index < -0.39 is 0 Å². The minimum Gasteiger partial charge on any atom is -0.479 e. The van der Waals surface area contributed by atoms with Crippen LogP contribution in [0, 0.1) is 6.92 Å². The molecule has 0 saturated heterocycles. The van der Waals surface area contributed by atoms with Crippen LogP contribution in [0.4, 0.5) is 0 Å². The van der Waals surface area contributed by atoms with E-state index in [1.165, 1.54) is 5.56 Å². The number of methoxy groups -OCH3 is 1. The van der Waals surface area contributed by atoms with Gasteiger partial charge in [0.25, 0.3) is 0 Å². The van der Waals surface area contributed by atoms with E-state index in [0.29, 0.717) is 11.7 Å². The lowest BCUT2D eigenvalue weighted by molar-refractivity contribution is 0.395. The van der Waals surface area contributed by atoms with Gasteiger partial charge >= 0.3 is 0 Å². The van der Waals surface area contributed by atoms with Crippen LogP contribution in [0.15, 0.2) is 48.9 Å². The molecule has 7 nitrogen and oxygen atoms in total. The smallest absolute Gasteiger partial charge is 0.238 e. The number of imidazole rings is 1. The molecule has 162 valence electrons. The number of fused-ring (bicyclic) bond motifs is 1. The Morgan fingerprint density at radius 3 is 2.69 bits per heavy atom. The summed E-state index contributed by atoms with van der Waals surface area (Å²) >= 11 is 6.06. The summed E-state index contributed by atoms with van der Waals surface area (Å²) in [4.78, 5) is 13.7. The molecule has 4 heterocycles. The molecule has 4 aromatic rings. The minimum absolute atomic E-state index is 0.229. The van der Waals surface area contributed by atoms with E-state index in [-0.39, 0.29) is 5.92 Å². The van der Waals surface area contributed by atoms with Gasteiger partial charge in [0.05, 0.1) is 24.8 Å². The van der Waals surface area contributed by atoms with Crippen LogP contribution in [0.25, 0.3) is 17.8 Å². The molecule has 0 fully saturated rings. The molecule has 5 rings (SSSR count). The summed E-state index contributed by atoms with van der Waals surface area (Å²) in [7, 11) is 1.62. The second-order valence-corrected chi connectivity index (χ2v) is 8.25. The van der Waals surface area contributed by atoms with Crippen LogP contribution in [-0.2, 0) is 6.54 Å². The Balaban J connectivity index is 1.40. The first-order valence-electron chi connectivity index (χ1n) is 10.5. The lowest BCUT2D eigenvalue weighted by atomic mass is 9.91. The average Bonchev–Trinajstić information content (AvgIpc) is 3.43. The first-order chi connectivity index (χ1) is 15.6. The van der Waals surface area contributed by atoms with E-state index in [9.17, 15) is 0 Å². The molecule has 8 heteroatoms. The number of ether oxygens (including phenoxy) is 1. The van der Waals surface area contributed by atoms with Crippen LogP contribution < -0.4 is 4.74 Å². The average molecular weight is 447 g/mol. The molecule has 0 N–H and O–H groups in total. The fraction of sp³-hybridized carbons (Fsp3) is 0.250. The number of halogens is 1. The number of benzene rings is 1. The Kier molecular flexibility index (Phi) is 5.49. The third-order valence-electron chi connectivity index (χ3n) is 5.61. The van der Waals surface area contributed by atoms with Gasteiger partial charge in [-0.25, -0.2) is 19.6 Å². The monoisotopic (exact) mass is 446 g/mol. The van der Waals surface area contributed by atoms with Crippen LogP contribution in [-0.4, -0.2) is 36.4 Å². The SMILES string of the molecule is COc1nc(/C=C/c2nc3n(n2)CCC[C@@H]3c2ccc(Cl)cc2)ccc1-n1cnc(C)c1. The van der Waals surface area contributed by atoms with Crippen molar-refractivity contribution in [3.8, 4) is 11.6 Å². The fourth-order valence-electron chi connectivity index (χ4n) is 4.05. The quantitative estimate of drug-likeness (QED) is 0.435. The Morgan fingerprint density at radius 2 is 1.94 bits per heavy atom. The molecular formula is C24H23ClN6O. The van der Waals surface area contributed by atoms with Crippen molar-refractivity contribution in [1.82, 2.24) is 29.3 Å². The summed E-state index contributed by atoms with van der Waals surface area (Å²) in [6.45, 7) is 2.83. The Labute approximate surface area is 191 Å². The van der Waals surface area contributed by atoms with Crippen molar-refractivity contribution in [2.45, 2.75) is 32.2 Å². The molecule has 3 aromatic heterocycles. The van der Waals surface area contributed by atoms with Crippen LogP contribution >= 0.6 is 11.6 Å². The standard InChI is InChI=1S/C24H23ClN6O/c1-16-14-30(15-26-16)21-11-9-19(27-24(21)32-2)10-12-22-28-23-20(4-3-13-31(23)29-22)17-5-7-18(25)8-6-17/h5-12,14-15,20H,3-4,13H2,1-2H3/b12-10+/t20-/m1/s1. The highest BCUT2D eigenvalue weighted by Crippen LogP contribution is 2.32. The number of hydrogen-bond donors (Lipinski definition) is 0. The summed E-state index contributed by atoms with van der Waals surface area (Å²) in [6, 6.07) is 11.9. The van der Waals surface area contributed by atoms with Gasteiger partial charge in [0.2, 0.25) is 5.88 Å². The molecule has 0 radical (unpaired) electrons. The molecule has 0 unspecified atom stereocenters. The van der Waals surface area contributed by atoms with E-state index >= 15 is 0 Å². The van der Waals surface area contributed by atoms with Gasteiger partial charge in [-0.3, -0.25) is 0 Å². The number of aryl methyl sites for hydroxylation is 2. The largest absolute Gasteiger partial charge is 0.479 e. The molecule has 0 aliphatic carbocycles. The highest BCUT2D eigenvalue weighted by molar-refractivity contribution is 6.30. The van der Waals surface area contributed by atoms with E-state index in [4.69, 9.17) is 26.4 Å². The van der Waals surface area contributed by atoms with E-state index in [2.05, 4.69) is 22.1 Å². The molecule has 1 aliphatic heterocycles.